The van der Waals surface area contributed by atoms with E-state index in [9.17, 15) is 13.2 Å². The van der Waals surface area contributed by atoms with Gasteiger partial charge in [0.1, 0.15) is 12.0 Å². The molecule has 0 saturated heterocycles. The third-order valence-electron chi connectivity index (χ3n) is 1.43. The molecule has 0 radical (unpaired) electrons. The van der Waals surface area contributed by atoms with Crippen molar-refractivity contribution in [1.29, 1.82) is 0 Å². The third-order valence-corrected chi connectivity index (χ3v) is 3.08. The highest BCUT2D eigenvalue weighted by Gasteiger charge is 2.15. The van der Waals surface area contributed by atoms with E-state index >= 15 is 0 Å². The molecule has 13 heavy (non-hydrogen) atoms. The molecule has 0 bridgehead atoms. The van der Waals surface area contributed by atoms with Crippen LogP contribution in [0.25, 0.3) is 0 Å². The molecule has 0 N–H and O–H groups in total. The number of aromatic nitrogens is 2. The summed E-state index contributed by atoms with van der Waals surface area (Å²) in [6.45, 7) is 0. The maximum Gasteiger partial charge on any atom is 0.308 e. The molecule has 1 aromatic rings. The van der Waals surface area contributed by atoms with Gasteiger partial charge < -0.3 is 0 Å². The molecule has 0 aliphatic heterocycles. The van der Waals surface area contributed by atoms with E-state index in [1.54, 1.807) is 0 Å². The first-order valence-electron chi connectivity index (χ1n) is 3.40. The van der Waals surface area contributed by atoms with Crippen molar-refractivity contribution in [2.24, 2.45) is 0 Å². The molecule has 0 spiro atoms. The Balaban J connectivity index is 3.16. The molecule has 0 unspecified atom stereocenters. The van der Waals surface area contributed by atoms with Gasteiger partial charge in [0.15, 0.2) is 6.29 Å². The number of carbonyl (C=O) groups excluding carboxylic acids is 1. The highest BCUT2D eigenvalue weighted by Crippen LogP contribution is 2.01. The van der Waals surface area contributed by atoms with Crippen molar-refractivity contribution in [3.8, 4) is 0 Å². The lowest BCUT2D eigenvalue weighted by atomic mass is 10.6. The molecule has 1 rings (SSSR count). The van der Waals surface area contributed by atoms with Crippen LogP contribution in [-0.2, 0) is 10.2 Å². The first kappa shape index (κ1) is 9.87. The lowest BCUT2D eigenvalue weighted by Crippen LogP contribution is -2.27. The molecule has 72 valence electrons. The molecule has 0 fully saturated rings. The second-order valence-electron chi connectivity index (χ2n) is 2.54. The van der Waals surface area contributed by atoms with Crippen molar-refractivity contribution in [2.75, 3.05) is 14.1 Å². The van der Waals surface area contributed by atoms with Crippen molar-refractivity contribution in [1.82, 2.24) is 13.3 Å². The molecule has 1 aromatic heterocycles. The van der Waals surface area contributed by atoms with E-state index in [-0.39, 0.29) is 5.69 Å². The monoisotopic (exact) mass is 203 g/mol. The zero-order valence-corrected chi connectivity index (χ0v) is 8.02. The lowest BCUT2D eigenvalue weighted by Gasteiger charge is -2.10. The van der Waals surface area contributed by atoms with Gasteiger partial charge in [0.05, 0.1) is 6.20 Å². The zero-order valence-electron chi connectivity index (χ0n) is 7.21. The Bertz CT molecular complexity index is 407. The Kier molecular flexibility index (Phi) is 2.48. The van der Waals surface area contributed by atoms with Crippen LogP contribution in [-0.4, -0.2) is 42.1 Å². The fourth-order valence-electron chi connectivity index (χ4n) is 0.696. The standard InChI is InChI=1S/C6H9N3O3S/c1-8(2)13(11,12)9-3-6(4-10)7-5-9/h3-5H,1-2H3. The fourth-order valence-corrected chi connectivity index (χ4v) is 1.48. The van der Waals surface area contributed by atoms with Crippen molar-refractivity contribution in [3.05, 3.63) is 18.2 Å². The molecular weight excluding hydrogens is 194 g/mol. The van der Waals surface area contributed by atoms with Crippen LogP contribution in [0.4, 0.5) is 0 Å². The zero-order chi connectivity index (χ0) is 10.1. The second kappa shape index (κ2) is 3.27. The van der Waals surface area contributed by atoms with Gasteiger partial charge in [0.2, 0.25) is 0 Å². The van der Waals surface area contributed by atoms with Crippen LogP contribution in [0.2, 0.25) is 0 Å². The van der Waals surface area contributed by atoms with Crippen LogP contribution in [0.5, 0.6) is 0 Å². The average Bonchev–Trinajstić information content (AvgIpc) is 2.51. The van der Waals surface area contributed by atoms with E-state index in [4.69, 9.17) is 0 Å². The van der Waals surface area contributed by atoms with Gasteiger partial charge in [-0.15, -0.1) is 0 Å². The maximum atomic E-state index is 11.4. The van der Waals surface area contributed by atoms with E-state index in [1.165, 1.54) is 14.1 Å². The van der Waals surface area contributed by atoms with Gasteiger partial charge >= 0.3 is 10.2 Å². The molecule has 7 heteroatoms. The second-order valence-corrected chi connectivity index (χ2v) is 4.58. The molecule has 0 atom stereocenters. The van der Waals surface area contributed by atoms with Crippen LogP contribution in [0, 0.1) is 0 Å². The summed E-state index contributed by atoms with van der Waals surface area (Å²) in [5, 5.41) is 0. The number of carbonyl (C=O) groups is 1. The average molecular weight is 203 g/mol. The minimum atomic E-state index is -3.54. The van der Waals surface area contributed by atoms with E-state index in [0.29, 0.717) is 6.29 Å². The lowest BCUT2D eigenvalue weighted by molar-refractivity contribution is 0.111. The van der Waals surface area contributed by atoms with Gasteiger partial charge in [0.25, 0.3) is 0 Å². The SMILES string of the molecule is CN(C)S(=O)(=O)n1cnc(C=O)c1. The third kappa shape index (κ3) is 1.76. The quantitative estimate of drug-likeness (QED) is 0.612. The predicted octanol–water partition coefficient (Wildman–Crippen LogP) is -0.650. The van der Waals surface area contributed by atoms with E-state index in [1.807, 2.05) is 0 Å². The molecule has 0 aliphatic rings. The largest absolute Gasteiger partial charge is 0.308 e. The minimum Gasteiger partial charge on any atom is -0.296 e. The Morgan fingerprint density at radius 2 is 2.15 bits per heavy atom. The molecular formula is C6H9N3O3S. The first-order valence-corrected chi connectivity index (χ1v) is 4.80. The summed E-state index contributed by atoms with van der Waals surface area (Å²) in [5.41, 5.74) is 0.0884. The number of rotatable bonds is 3. The van der Waals surface area contributed by atoms with E-state index in [0.717, 1.165) is 20.8 Å². The number of imidazole rings is 1. The van der Waals surface area contributed by atoms with E-state index < -0.39 is 10.2 Å². The minimum absolute atomic E-state index is 0.0884. The Morgan fingerprint density at radius 3 is 2.54 bits per heavy atom. The normalized spacial score (nSPS) is 11.9. The molecule has 0 amide bonds. The smallest absolute Gasteiger partial charge is 0.296 e. The van der Waals surface area contributed by atoms with Crippen molar-refractivity contribution >= 4 is 16.5 Å². The first-order chi connectivity index (χ1) is 5.98. The number of hydrogen-bond donors (Lipinski definition) is 0. The molecule has 1 heterocycles. The summed E-state index contributed by atoms with van der Waals surface area (Å²) < 4.78 is 24.7. The van der Waals surface area contributed by atoms with Gasteiger partial charge in [-0.25, -0.2) is 8.96 Å². The summed E-state index contributed by atoms with van der Waals surface area (Å²) >= 11 is 0. The number of nitrogens with zero attached hydrogens (tertiary/aromatic N) is 3. The van der Waals surface area contributed by atoms with Crippen molar-refractivity contribution in [2.45, 2.75) is 0 Å². The number of hydrogen-bond acceptors (Lipinski definition) is 4. The summed E-state index contributed by atoms with van der Waals surface area (Å²) in [7, 11) is -0.740. The van der Waals surface area contributed by atoms with Gasteiger partial charge in [-0.3, -0.25) is 4.79 Å². The van der Waals surface area contributed by atoms with Crippen LogP contribution in [0.1, 0.15) is 10.5 Å². The molecule has 6 nitrogen and oxygen atoms in total. The van der Waals surface area contributed by atoms with Gasteiger partial charge in [-0.2, -0.15) is 12.7 Å². The predicted molar refractivity (Wildman–Crippen MR) is 45.6 cm³/mol. The van der Waals surface area contributed by atoms with Gasteiger partial charge in [-0.05, 0) is 0 Å². The molecule has 0 aliphatic carbocycles. The number of aldehydes is 1. The maximum absolute atomic E-state index is 11.4. The van der Waals surface area contributed by atoms with Gasteiger partial charge in [-0.1, -0.05) is 0 Å². The van der Waals surface area contributed by atoms with Crippen molar-refractivity contribution < 1.29 is 13.2 Å². The van der Waals surface area contributed by atoms with Crippen LogP contribution < -0.4 is 0 Å². The van der Waals surface area contributed by atoms with E-state index in [2.05, 4.69) is 4.98 Å². The van der Waals surface area contributed by atoms with Crippen LogP contribution in [0.15, 0.2) is 12.5 Å². The summed E-state index contributed by atoms with van der Waals surface area (Å²) in [4.78, 5) is 13.8. The van der Waals surface area contributed by atoms with Gasteiger partial charge in [0, 0.05) is 14.1 Å². The molecule has 0 aromatic carbocycles. The summed E-state index contributed by atoms with van der Waals surface area (Å²) in [6.07, 6.45) is 2.73. The highest BCUT2D eigenvalue weighted by molar-refractivity contribution is 7.87. The summed E-state index contributed by atoms with van der Waals surface area (Å²) in [5.74, 6) is 0. The topological polar surface area (TPSA) is 72.3 Å². The Hall–Kier alpha value is -1.21. The summed E-state index contributed by atoms with van der Waals surface area (Å²) in [6, 6.07) is 0. The highest BCUT2D eigenvalue weighted by atomic mass is 32.2. The van der Waals surface area contributed by atoms with Crippen molar-refractivity contribution in [3.63, 3.8) is 0 Å². The Morgan fingerprint density at radius 1 is 1.54 bits per heavy atom. The molecule has 0 saturated carbocycles. The fraction of sp³-hybridized carbons (Fsp3) is 0.333. The Labute approximate surface area is 76.0 Å². The van der Waals surface area contributed by atoms with Crippen LogP contribution in [0.3, 0.4) is 0 Å². The van der Waals surface area contributed by atoms with Crippen LogP contribution >= 0.6 is 0 Å².